The molecule has 2 heterocycles. The molecule has 2 N–H and O–H groups in total. The van der Waals surface area contributed by atoms with E-state index in [0.717, 1.165) is 43.7 Å². The predicted octanol–water partition coefficient (Wildman–Crippen LogP) is 1.97. The molecule has 0 spiro atoms. The minimum Gasteiger partial charge on any atom is -0.324 e. The van der Waals surface area contributed by atoms with E-state index in [1.165, 1.54) is 5.56 Å². The minimum atomic E-state index is -0.626. The SMILES string of the molecule is Cc1ccc(CN(C)C)cc1NC(=O)C1(n2cccn2)CCNCC1. The number of carbonyl (C=O) groups excluding carboxylic acids is 1. The Kier molecular flexibility index (Phi) is 5.20. The van der Waals surface area contributed by atoms with Crippen molar-refractivity contribution in [3.8, 4) is 0 Å². The molecule has 1 aromatic heterocycles. The highest BCUT2D eigenvalue weighted by Crippen LogP contribution is 2.29. The van der Waals surface area contributed by atoms with Crippen molar-refractivity contribution < 1.29 is 4.79 Å². The first-order chi connectivity index (χ1) is 12.0. The van der Waals surface area contributed by atoms with Gasteiger partial charge >= 0.3 is 0 Å². The van der Waals surface area contributed by atoms with Crippen molar-refractivity contribution in [2.75, 3.05) is 32.5 Å². The van der Waals surface area contributed by atoms with Crippen molar-refractivity contribution in [2.45, 2.75) is 31.8 Å². The molecule has 6 heteroatoms. The molecule has 1 fully saturated rings. The van der Waals surface area contributed by atoms with Gasteiger partial charge in [-0.15, -0.1) is 0 Å². The Morgan fingerprint density at radius 1 is 1.36 bits per heavy atom. The molecule has 3 rings (SSSR count). The summed E-state index contributed by atoms with van der Waals surface area (Å²) in [5, 5.41) is 10.9. The van der Waals surface area contributed by atoms with Crippen molar-refractivity contribution in [1.29, 1.82) is 0 Å². The van der Waals surface area contributed by atoms with E-state index in [1.54, 1.807) is 6.20 Å². The lowest BCUT2D eigenvalue weighted by atomic mass is 9.87. The number of nitrogens with zero attached hydrogens (tertiary/aromatic N) is 3. The fraction of sp³-hybridized carbons (Fsp3) is 0.474. The smallest absolute Gasteiger partial charge is 0.252 e. The second-order valence-electron chi connectivity index (χ2n) is 7.07. The van der Waals surface area contributed by atoms with Crippen LogP contribution in [0.3, 0.4) is 0 Å². The third-order valence-corrected chi connectivity index (χ3v) is 4.85. The summed E-state index contributed by atoms with van der Waals surface area (Å²) in [4.78, 5) is 15.4. The van der Waals surface area contributed by atoms with Crippen LogP contribution in [0.1, 0.15) is 24.0 Å². The number of anilines is 1. The zero-order valence-electron chi connectivity index (χ0n) is 15.2. The summed E-state index contributed by atoms with van der Waals surface area (Å²) in [7, 11) is 4.08. The Labute approximate surface area is 149 Å². The van der Waals surface area contributed by atoms with Crippen molar-refractivity contribution in [1.82, 2.24) is 20.0 Å². The number of carbonyl (C=O) groups is 1. The highest BCUT2D eigenvalue weighted by atomic mass is 16.2. The van der Waals surface area contributed by atoms with Gasteiger partial charge in [0.25, 0.3) is 5.91 Å². The fourth-order valence-corrected chi connectivity index (χ4v) is 3.43. The molecule has 1 aromatic carbocycles. The molecule has 134 valence electrons. The van der Waals surface area contributed by atoms with Gasteiger partial charge in [0.1, 0.15) is 5.54 Å². The Bertz CT molecular complexity index is 717. The Hall–Kier alpha value is -2.18. The topological polar surface area (TPSA) is 62.2 Å². The molecular weight excluding hydrogens is 314 g/mol. The molecule has 1 saturated heterocycles. The summed E-state index contributed by atoms with van der Waals surface area (Å²) < 4.78 is 1.82. The summed E-state index contributed by atoms with van der Waals surface area (Å²) in [6, 6.07) is 8.13. The van der Waals surface area contributed by atoms with E-state index in [0.29, 0.717) is 0 Å². The van der Waals surface area contributed by atoms with E-state index in [4.69, 9.17) is 0 Å². The van der Waals surface area contributed by atoms with Crippen LogP contribution < -0.4 is 10.6 Å². The maximum Gasteiger partial charge on any atom is 0.252 e. The highest BCUT2D eigenvalue weighted by Gasteiger charge is 2.42. The molecule has 1 aliphatic heterocycles. The Balaban J connectivity index is 1.87. The van der Waals surface area contributed by atoms with Crippen LogP contribution in [0.2, 0.25) is 0 Å². The van der Waals surface area contributed by atoms with Gasteiger partial charge in [-0.05, 0) is 70.2 Å². The molecule has 0 aliphatic carbocycles. The lowest BCUT2D eigenvalue weighted by molar-refractivity contribution is -0.126. The largest absolute Gasteiger partial charge is 0.324 e. The van der Waals surface area contributed by atoms with Crippen LogP contribution in [0.4, 0.5) is 5.69 Å². The molecule has 0 radical (unpaired) electrons. The Morgan fingerprint density at radius 3 is 2.76 bits per heavy atom. The van der Waals surface area contributed by atoms with Crippen LogP contribution in [0.25, 0.3) is 0 Å². The van der Waals surface area contributed by atoms with Crippen molar-refractivity contribution >= 4 is 11.6 Å². The predicted molar refractivity (Wildman–Crippen MR) is 99.5 cm³/mol. The number of nitrogens with one attached hydrogen (secondary N) is 2. The summed E-state index contributed by atoms with van der Waals surface area (Å²) in [6.45, 7) is 4.50. The number of benzene rings is 1. The van der Waals surface area contributed by atoms with Crippen LogP contribution in [-0.2, 0) is 16.9 Å². The van der Waals surface area contributed by atoms with Gasteiger partial charge in [0, 0.05) is 24.6 Å². The number of hydrogen-bond acceptors (Lipinski definition) is 4. The van der Waals surface area contributed by atoms with E-state index < -0.39 is 5.54 Å². The van der Waals surface area contributed by atoms with Crippen LogP contribution in [0, 0.1) is 6.92 Å². The van der Waals surface area contributed by atoms with Gasteiger partial charge < -0.3 is 15.5 Å². The van der Waals surface area contributed by atoms with Crippen molar-refractivity contribution in [2.24, 2.45) is 0 Å². The number of aryl methyl sites for hydroxylation is 1. The lowest BCUT2D eigenvalue weighted by Crippen LogP contribution is -2.52. The minimum absolute atomic E-state index is 0.0165. The van der Waals surface area contributed by atoms with E-state index in [2.05, 4.69) is 38.8 Å². The monoisotopic (exact) mass is 341 g/mol. The molecule has 0 atom stereocenters. The summed E-state index contributed by atoms with van der Waals surface area (Å²) >= 11 is 0. The molecule has 1 aliphatic rings. The van der Waals surface area contributed by atoms with Gasteiger partial charge in [0.15, 0.2) is 0 Å². The number of amides is 1. The average molecular weight is 341 g/mol. The molecule has 0 bridgehead atoms. The van der Waals surface area contributed by atoms with Gasteiger partial charge in [0.05, 0.1) is 0 Å². The normalized spacial score (nSPS) is 16.8. The Morgan fingerprint density at radius 2 is 2.12 bits per heavy atom. The van der Waals surface area contributed by atoms with E-state index in [1.807, 2.05) is 38.0 Å². The number of hydrogen-bond donors (Lipinski definition) is 2. The molecule has 2 aromatic rings. The van der Waals surface area contributed by atoms with Gasteiger partial charge in [-0.2, -0.15) is 5.10 Å². The quantitative estimate of drug-likeness (QED) is 0.873. The molecule has 25 heavy (non-hydrogen) atoms. The maximum atomic E-state index is 13.3. The van der Waals surface area contributed by atoms with Crippen LogP contribution in [0.15, 0.2) is 36.7 Å². The van der Waals surface area contributed by atoms with E-state index in [9.17, 15) is 4.79 Å². The third kappa shape index (κ3) is 3.75. The molecular formula is C19H27N5O. The number of rotatable bonds is 5. The first kappa shape index (κ1) is 17.6. The number of aromatic nitrogens is 2. The second kappa shape index (κ2) is 7.37. The van der Waals surface area contributed by atoms with Crippen LogP contribution >= 0.6 is 0 Å². The van der Waals surface area contributed by atoms with Crippen molar-refractivity contribution in [3.05, 3.63) is 47.8 Å². The second-order valence-corrected chi connectivity index (χ2v) is 7.07. The average Bonchev–Trinajstić information content (AvgIpc) is 3.13. The summed E-state index contributed by atoms with van der Waals surface area (Å²) in [5.74, 6) is 0.0165. The van der Waals surface area contributed by atoms with Gasteiger partial charge in [-0.3, -0.25) is 9.48 Å². The van der Waals surface area contributed by atoms with Crippen molar-refractivity contribution in [3.63, 3.8) is 0 Å². The fourth-order valence-electron chi connectivity index (χ4n) is 3.43. The van der Waals surface area contributed by atoms with Gasteiger partial charge in [0.2, 0.25) is 0 Å². The zero-order chi connectivity index (χ0) is 17.9. The molecule has 1 amide bonds. The highest BCUT2D eigenvalue weighted by molar-refractivity contribution is 5.97. The standard InChI is InChI=1S/C19H27N5O/c1-15-5-6-16(14-23(2)3)13-17(15)22-18(25)19(7-10-20-11-8-19)24-12-4-9-21-24/h4-6,9,12-13,20H,7-8,10-11,14H2,1-3H3,(H,22,25). The van der Waals surface area contributed by atoms with Crippen LogP contribution in [0.5, 0.6) is 0 Å². The van der Waals surface area contributed by atoms with E-state index >= 15 is 0 Å². The first-order valence-corrected chi connectivity index (χ1v) is 8.78. The maximum absolute atomic E-state index is 13.3. The van der Waals surface area contributed by atoms with E-state index in [-0.39, 0.29) is 5.91 Å². The molecule has 6 nitrogen and oxygen atoms in total. The third-order valence-electron chi connectivity index (χ3n) is 4.85. The zero-order valence-corrected chi connectivity index (χ0v) is 15.2. The number of piperidine rings is 1. The summed E-state index contributed by atoms with van der Waals surface area (Å²) in [6.07, 6.45) is 5.09. The summed E-state index contributed by atoms with van der Waals surface area (Å²) in [5.41, 5.74) is 2.51. The van der Waals surface area contributed by atoms with Gasteiger partial charge in [-0.1, -0.05) is 12.1 Å². The first-order valence-electron chi connectivity index (χ1n) is 8.78. The lowest BCUT2D eigenvalue weighted by Gasteiger charge is -2.36. The molecule has 0 saturated carbocycles. The van der Waals surface area contributed by atoms with Gasteiger partial charge in [-0.25, -0.2) is 0 Å². The molecule has 0 unspecified atom stereocenters. The van der Waals surface area contributed by atoms with Crippen LogP contribution in [-0.4, -0.2) is 47.8 Å².